The van der Waals surface area contributed by atoms with Crippen LogP contribution in [0.2, 0.25) is 0 Å². The molecule has 27 heavy (non-hydrogen) atoms. The summed E-state index contributed by atoms with van der Waals surface area (Å²) in [5.41, 5.74) is 1.87. The van der Waals surface area contributed by atoms with E-state index < -0.39 is 0 Å². The maximum Gasteiger partial charge on any atom is 0.280 e. The van der Waals surface area contributed by atoms with Gasteiger partial charge in [-0.2, -0.15) is 0 Å². The van der Waals surface area contributed by atoms with Gasteiger partial charge in [-0.1, -0.05) is 30.3 Å². The third-order valence-electron chi connectivity index (χ3n) is 5.04. The van der Waals surface area contributed by atoms with E-state index in [9.17, 15) is 10.1 Å². The monoisotopic (exact) mass is 364 g/mol. The Bertz CT molecular complexity index is 915. The number of rotatable bonds is 5. The molecule has 2 aromatic carbocycles. The van der Waals surface area contributed by atoms with Crippen LogP contribution in [0.3, 0.4) is 0 Å². The highest BCUT2D eigenvalue weighted by atomic mass is 16.6. The van der Waals surface area contributed by atoms with E-state index in [1.54, 1.807) is 18.2 Å². The van der Waals surface area contributed by atoms with E-state index >= 15 is 0 Å². The first-order valence-electron chi connectivity index (χ1n) is 9.17. The van der Waals surface area contributed by atoms with E-state index in [4.69, 9.17) is 4.42 Å². The first-order valence-corrected chi connectivity index (χ1v) is 9.17. The average Bonchev–Trinajstić information content (AvgIpc) is 3.17. The van der Waals surface area contributed by atoms with E-state index in [0.29, 0.717) is 11.3 Å². The van der Waals surface area contributed by atoms with Crippen LogP contribution in [-0.4, -0.2) is 31.1 Å². The summed E-state index contributed by atoms with van der Waals surface area (Å²) in [5, 5.41) is 11.2. The molecule has 1 aliphatic heterocycles. The van der Waals surface area contributed by atoms with Gasteiger partial charge in [0.1, 0.15) is 12.3 Å². The molecule has 0 saturated carbocycles. The molecule has 0 aliphatic carbocycles. The van der Waals surface area contributed by atoms with E-state index in [0.717, 1.165) is 38.5 Å². The van der Waals surface area contributed by atoms with E-state index in [-0.39, 0.29) is 10.6 Å². The van der Waals surface area contributed by atoms with Crippen molar-refractivity contribution in [1.82, 2.24) is 0 Å². The number of piperazine rings is 1. The largest absolute Gasteiger partial charge is 0.455 e. The lowest BCUT2D eigenvalue weighted by Gasteiger charge is -2.33. The topological polar surface area (TPSA) is 64.0 Å². The van der Waals surface area contributed by atoms with Crippen molar-refractivity contribution in [2.75, 3.05) is 31.1 Å². The third-order valence-corrected chi connectivity index (χ3v) is 5.04. The fourth-order valence-electron chi connectivity index (χ4n) is 3.60. The number of nitro benzene ring substituents is 1. The molecular formula is C21H22N3O3+. The number of hydrogen-bond acceptors (Lipinski definition) is 4. The number of para-hydroxylation sites is 2. The zero-order chi connectivity index (χ0) is 18.6. The lowest BCUT2D eigenvalue weighted by atomic mass is 10.1. The van der Waals surface area contributed by atoms with Crippen LogP contribution in [0.4, 0.5) is 11.4 Å². The first kappa shape index (κ1) is 17.3. The van der Waals surface area contributed by atoms with Crippen molar-refractivity contribution in [1.29, 1.82) is 0 Å². The van der Waals surface area contributed by atoms with Gasteiger partial charge in [0.15, 0.2) is 5.76 Å². The van der Waals surface area contributed by atoms with Crippen molar-refractivity contribution in [3.8, 4) is 11.3 Å². The van der Waals surface area contributed by atoms with Gasteiger partial charge in [0.2, 0.25) is 0 Å². The van der Waals surface area contributed by atoms with Crippen molar-refractivity contribution < 1.29 is 14.2 Å². The Kier molecular flexibility index (Phi) is 4.89. The summed E-state index contributed by atoms with van der Waals surface area (Å²) in [4.78, 5) is 14.7. The molecule has 1 aliphatic rings. The Hall–Kier alpha value is -3.12. The van der Waals surface area contributed by atoms with Crippen molar-refractivity contribution >= 4 is 11.4 Å². The van der Waals surface area contributed by atoms with Crippen LogP contribution in [-0.2, 0) is 6.54 Å². The highest BCUT2D eigenvalue weighted by Gasteiger charge is 2.22. The van der Waals surface area contributed by atoms with Gasteiger partial charge in [0.05, 0.1) is 36.7 Å². The average molecular weight is 364 g/mol. The van der Waals surface area contributed by atoms with Gasteiger partial charge >= 0.3 is 0 Å². The van der Waals surface area contributed by atoms with Gasteiger partial charge < -0.3 is 14.2 Å². The summed E-state index contributed by atoms with van der Waals surface area (Å²) < 4.78 is 5.94. The number of hydrogen-bond donors (Lipinski definition) is 1. The molecule has 2 heterocycles. The first-order chi connectivity index (χ1) is 13.2. The summed E-state index contributed by atoms with van der Waals surface area (Å²) in [6.07, 6.45) is 0. The molecule has 0 atom stereocenters. The van der Waals surface area contributed by atoms with Crippen LogP contribution in [0, 0.1) is 10.1 Å². The van der Waals surface area contributed by atoms with Gasteiger partial charge in [-0.25, -0.2) is 0 Å². The molecule has 1 saturated heterocycles. The van der Waals surface area contributed by atoms with Crippen LogP contribution in [0.15, 0.2) is 71.1 Å². The number of nitrogens with zero attached hydrogens (tertiary/aromatic N) is 2. The zero-order valence-corrected chi connectivity index (χ0v) is 15.0. The lowest BCUT2D eigenvalue weighted by molar-refractivity contribution is -0.915. The lowest BCUT2D eigenvalue weighted by Crippen LogP contribution is -3.13. The number of anilines is 1. The fourth-order valence-corrected chi connectivity index (χ4v) is 3.60. The number of nitrogens with one attached hydrogen (secondary N) is 1. The molecule has 138 valence electrons. The van der Waals surface area contributed by atoms with Gasteiger partial charge in [0.25, 0.3) is 5.69 Å². The highest BCUT2D eigenvalue weighted by Crippen LogP contribution is 2.30. The molecule has 6 nitrogen and oxygen atoms in total. The van der Waals surface area contributed by atoms with Crippen LogP contribution in [0.1, 0.15) is 5.76 Å². The Morgan fingerprint density at radius 3 is 2.41 bits per heavy atom. The molecule has 0 radical (unpaired) electrons. The van der Waals surface area contributed by atoms with E-state index in [2.05, 4.69) is 29.2 Å². The zero-order valence-electron chi connectivity index (χ0n) is 15.0. The fraction of sp³-hybridized carbons (Fsp3) is 0.238. The number of quaternary nitrogens is 1. The molecule has 0 spiro atoms. The Morgan fingerprint density at radius 2 is 1.67 bits per heavy atom. The number of nitro groups is 1. The Morgan fingerprint density at radius 1 is 0.963 bits per heavy atom. The summed E-state index contributed by atoms with van der Waals surface area (Å²) >= 11 is 0. The normalized spacial score (nSPS) is 15.0. The maximum atomic E-state index is 11.2. The van der Waals surface area contributed by atoms with Crippen molar-refractivity contribution in [2.45, 2.75) is 6.54 Å². The third kappa shape index (κ3) is 3.85. The molecule has 6 heteroatoms. The van der Waals surface area contributed by atoms with Crippen molar-refractivity contribution in [3.63, 3.8) is 0 Å². The minimum atomic E-state index is -0.369. The number of benzene rings is 2. The predicted octanol–water partition coefficient (Wildman–Crippen LogP) is 2.76. The Labute approximate surface area is 157 Å². The smallest absolute Gasteiger partial charge is 0.280 e. The highest BCUT2D eigenvalue weighted by molar-refractivity contribution is 5.69. The minimum Gasteiger partial charge on any atom is -0.455 e. The van der Waals surface area contributed by atoms with Crippen LogP contribution >= 0.6 is 0 Å². The van der Waals surface area contributed by atoms with Gasteiger partial charge in [-0.05, 0) is 30.3 Å². The van der Waals surface area contributed by atoms with Crippen molar-refractivity contribution in [3.05, 3.63) is 82.6 Å². The van der Waals surface area contributed by atoms with Crippen LogP contribution in [0.25, 0.3) is 11.3 Å². The molecular weight excluding hydrogens is 342 g/mol. The molecule has 1 aromatic heterocycles. The van der Waals surface area contributed by atoms with Crippen LogP contribution in [0.5, 0.6) is 0 Å². The quantitative estimate of drug-likeness (QED) is 0.559. The molecule has 3 aromatic rings. The van der Waals surface area contributed by atoms with Crippen LogP contribution < -0.4 is 9.80 Å². The molecule has 4 rings (SSSR count). The summed E-state index contributed by atoms with van der Waals surface area (Å²) in [5.74, 6) is 1.42. The number of furan rings is 1. The molecule has 0 bridgehead atoms. The second-order valence-corrected chi connectivity index (χ2v) is 6.79. The van der Waals surface area contributed by atoms with E-state index in [1.165, 1.54) is 16.7 Å². The standard InChI is InChI=1S/C21H21N3O3/c25-24(26)20-9-5-4-8-19(20)21-11-10-18(27-21)16-22-12-14-23(15-13-22)17-6-2-1-3-7-17/h1-11H,12-16H2/p+1. The molecule has 1 fully saturated rings. The second kappa shape index (κ2) is 7.63. The van der Waals surface area contributed by atoms with E-state index in [1.807, 2.05) is 18.2 Å². The minimum absolute atomic E-state index is 0.0715. The summed E-state index contributed by atoms with van der Waals surface area (Å²) in [6.45, 7) is 4.89. The van der Waals surface area contributed by atoms with Gasteiger partial charge in [-0.3, -0.25) is 10.1 Å². The summed E-state index contributed by atoms with van der Waals surface area (Å²) in [7, 11) is 0. The molecule has 0 amide bonds. The SMILES string of the molecule is O=[N+]([O-])c1ccccc1-c1ccc(C[NH+]2CCN(c3ccccc3)CC2)o1. The maximum absolute atomic E-state index is 11.2. The van der Waals surface area contributed by atoms with Gasteiger partial charge in [-0.15, -0.1) is 0 Å². The Balaban J connectivity index is 1.40. The molecule has 0 unspecified atom stereocenters. The molecule has 1 N–H and O–H groups in total. The second-order valence-electron chi connectivity index (χ2n) is 6.79. The summed E-state index contributed by atoms with van der Waals surface area (Å²) in [6, 6.07) is 20.9. The van der Waals surface area contributed by atoms with Crippen molar-refractivity contribution in [2.24, 2.45) is 0 Å². The predicted molar refractivity (Wildman–Crippen MR) is 104 cm³/mol. The van der Waals surface area contributed by atoms with Gasteiger partial charge in [0, 0.05) is 11.8 Å².